The number of ether oxygens (including phenoxy) is 2. The SMILES string of the molecule is N#Cc1ccc(OC[C@@H](O)CN2CC3CN(C[C@H](F)CNC(=O)O)CC(C2)O3)cc1. The van der Waals surface area contributed by atoms with Gasteiger partial charge in [-0.2, -0.15) is 5.26 Å². The maximum absolute atomic E-state index is 14.0. The van der Waals surface area contributed by atoms with E-state index in [2.05, 4.69) is 10.2 Å². The number of hydrogen-bond donors (Lipinski definition) is 3. The van der Waals surface area contributed by atoms with Crippen molar-refractivity contribution in [1.29, 1.82) is 5.26 Å². The van der Waals surface area contributed by atoms with Gasteiger partial charge in [0.1, 0.15) is 24.6 Å². The smallest absolute Gasteiger partial charge is 0.404 e. The van der Waals surface area contributed by atoms with Gasteiger partial charge in [-0.3, -0.25) is 9.80 Å². The van der Waals surface area contributed by atoms with E-state index in [9.17, 15) is 14.3 Å². The van der Waals surface area contributed by atoms with Gasteiger partial charge in [0, 0.05) is 39.3 Å². The van der Waals surface area contributed by atoms with Crippen LogP contribution in [0, 0.1) is 11.3 Å². The van der Waals surface area contributed by atoms with Gasteiger partial charge in [0.2, 0.25) is 0 Å². The number of morpholine rings is 2. The molecule has 3 N–H and O–H groups in total. The number of fused-ring (bicyclic) bond motifs is 2. The van der Waals surface area contributed by atoms with Crippen LogP contribution in [0.5, 0.6) is 5.75 Å². The summed E-state index contributed by atoms with van der Waals surface area (Å²) in [6, 6.07) is 8.76. The number of nitriles is 1. The molecule has 2 unspecified atom stereocenters. The Morgan fingerprint density at radius 2 is 1.83 bits per heavy atom. The molecule has 1 amide bonds. The van der Waals surface area contributed by atoms with Gasteiger partial charge >= 0.3 is 6.09 Å². The normalized spacial score (nSPS) is 23.9. The summed E-state index contributed by atoms with van der Waals surface area (Å²) >= 11 is 0. The summed E-state index contributed by atoms with van der Waals surface area (Å²) in [6.45, 7) is 2.93. The lowest BCUT2D eigenvalue weighted by Crippen LogP contribution is -2.61. The lowest BCUT2D eigenvalue weighted by atomic mass is 10.1. The van der Waals surface area contributed by atoms with E-state index >= 15 is 0 Å². The number of aliphatic hydroxyl groups is 1. The van der Waals surface area contributed by atoms with Crippen molar-refractivity contribution in [1.82, 2.24) is 15.1 Å². The maximum Gasteiger partial charge on any atom is 0.404 e. The second kappa shape index (κ2) is 10.5. The molecule has 4 atom stereocenters. The molecule has 2 aliphatic heterocycles. The van der Waals surface area contributed by atoms with Crippen molar-refractivity contribution in [3.05, 3.63) is 29.8 Å². The molecule has 0 saturated carbocycles. The molecule has 10 heteroatoms. The molecule has 164 valence electrons. The predicted octanol–water partition coefficient (Wildman–Crippen LogP) is 0.289. The van der Waals surface area contributed by atoms with Crippen LogP contribution < -0.4 is 10.1 Å². The highest BCUT2D eigenvalue weighted by molar-refractivity contribution is 5.64. The third kappa shape index (κ3) is 6.81. The molecule has 2 bridgehead atoms. The van der Waals surface area contributed by atoms with E-state index in [1.807, 2.05) is 11.0 Å². The number of amides is 1. The first-order chi connectivity index (χ1) is 14.4. The van der Waals surface area contributed by atoms with Gasteiger partial charge in [-0.1, -0.05) is 0 Å². The maximum atomic E-state index is 14.0. The quantitative estimate of drug-likeness (QED) is 0.520. The van der Waals surface area contributed by atoms with Crippen LogP contribution in [-0.4, -0.2) is 103 Å². The van der Waals surface area contributed by atoms with Gasteiger partial charge in [-0.15, -0.1) is 0 Å². The van der Waals surface area contributed by atoms with Gasteiger partial charge in [0.15, 0.2) is 0 Å². The average Bonchev–Trinajstić information content (AvgIpc) is 2.70. The van der Waals surface area contributed by atoms with E-state index in [0.29, 0.717) is 44.0 Å². The van der Waals surface area contributed by atoms with Crippen LogP contribution in [0.15, 0.2) is 24.3 Å². The van der Waals surface area contributed by atoms with Crippen LogP contribution in [0.3, 0.4) is 0 Å². The van der Waals surface area contributed by atoms with Crippen LogP contribution >= 0.6 is 0 Å². The minimum atomic E-state index is -1.27. The first-order valence-corrected chi connectivity index (χ1v) is 9.93. The number of nitrogens with zero attached hydrogens (tertiary/aromatic N) is 3. The molecule has 2 aliphatic rings. The number of aliphatic hydroxyl groups excluding tert-OH is 1. The second-order valence-corrected chi connectivity index (χ2v) is 7.70. The van der Waals surface area contributed by atoms with E-state index in [0.717, 1.165) is 0 Å². The number of alkyl halides is 1. The van der Waals surface area contributed by atoms with Crippen LogP contribution in [0.1, 0.15) is 5.56 Å². The predicted molar refractivity (Wildman–Crippen MR) is 105 cm³/mol. The molecule has 2 heterocycles. The van der Waals surface area contributed by atoms with Crippen molar-refractivity contribution in [3.63, 3.8) is 0 Å². The monoisotopic (exact) mass is 422 g/mol. The van der Waals surface area contributed by atoms with Crippen molar-refractivity contribution in [3.8, 4) is 11.8 Å². The molecule has 2 fully saturated rings. The number of carbonyl (C=O) groups is 1. The summed E-state index contributed by atoms with van der Waals surface area (Å²) in [7, 11) is 0. The summed E-state index contributed by atoms with van der Waals surface area (Å²) in [4.78, 5) is 14.6. The number of rotatable bonds is 9. The summed E-state index contributed by atoms with van der Waals surface area (Å²) in [5, 5.41) is 29.8. The number of benzene rings is 1. The van der Waals surface area contributed by atoms with Crippen LogP contribution in [0.4, 0.5) is 9.18 Å². The Labute approximate surface area is 174 Å². The lowest BCUT2D eigenvalue weighted by molar-refractivity contribution is -0.145. The van der Waals surface area contributed by atoms with Gasteiger partial charge in [0.25, 0.3) is 0 Å². The van der Waals surface area contributed by atoms with Crippen molar-refractivity contribution in [2.45, 2.75) is 24.5 Å². The van der Waals surface area contributed by atoms with E-state index in [1.165, 1.54) is 0 Å². The van der Waals surface area contributed by atoms with Crippen LogP contribution in [0.25, 0.3) is 0 Å². The largest absolute Gasteiger partial charge is 0.491 e. The van der Waals surface area contributed by atoms with Crippen LogP contribution in [0.2, 0.25) is 0 Å². The fraction of sp³-hybridized carbons (Fsp3) is 0.600. The van der Waals surface area contributed by atoms with Gasteiger partial charge < -0.3 is 25.0 Å². The zero-order chi connectivity index (χ0) is 21.5. The zero-order valence-corrected chi connectivity index (χ0v) is 16.6. The molecule has 0 radical (unpaired) electrons. The van der Waals surface area contributed by atoms with Crippen molar-refractivity contribution >= 4 is 6.09 Å². The highest BCUT2D eigenvalue weighted by Gasteiger charge is 2.36. The number of hydrogen-bond acceptors (Lipinski definition) is 7. The molecule has 3 rings (SSSR count). The second-order valence-electron chi connectivity index (χ2n) is 7.70. The van der Waals surface area contributed by atoms with E-state index in [4.69, 9.17) is 19.8 Å². The standard InChI is InChI=1S/C20H27FN4O5/c21-15(6-23-20(27)28)7-24-9-18-11-25(12-19(10-24)30-18)8-16(26)13-29-17-3-1-14(5-22)2-4-17/h1-4,15-16,18-19,23,26H,6-13H2,(H,27,28)/t15-,16+,18?,19?/m1/s1. The van der Waals surface area contributed by atoms with Gasteiger partial charge in [0.05, 0.1) is 30.4 Å². The third-order valence-electron chi connectivity index (χ3n) is 5.06. The minimum Gasteiger partial charge on any atom is -0.491 e. The Bertz CT molecular complexity index is 730. The topological polar surface area (TPSA) is 118 Å². The fourth-order valence-corrected chi connectivity index (χ4v) is 3.87. The molecular weight excluding hydrogens is 395 g/mol. The molecule has 0 spiro atoms. The van der Waals surface area contributed by atoms with Gasteiger partial charge in [-0.05, 0) is 24.3 Å². The lowest BCUT2D eigenvalue weighted by Gasteiger charge is -2.46. The van der Waals surface area contributed by atoms with Crippen LogP contribution in [-0.2, 0) is 4.74 Å². The fourth-order valence-electron chi connectivity index (χ4n) is 3.87. The van der Waals surface area contributed by atoms with E-state index < -0.39 is 18.4 Å². The molecule has 30 heavy (non-hydrogen) atoms. The zero-order valence-electron chi connectivity index (χ0n) is 16.6. The minimum absolute atomic E-state index is 0.0798. The average molecular weight is 422 g/mol. The molecule has 2 saturated heterocycles. The Morgan fingerprint density at radius 1 is 1.23 bits per heavy atom. The first-order valence-electron chi connectivity index (χ1n) is 9.93. The summed E-state index contributed by atoms with van der Waals surface area (Å²) in [5.74, 6) is 0.598. The summed E-state index contributed by atoms with van der Waals surface area (Å²) < 4.78 is 25.5. The highest BCUT2D eigenvalue weighted by atomic mass is 19.1. The molecule has 0 aromatic heterocycles. The first kappa shape index (κ1) is 22.2. The molecule has 0 aliphatic carbocycles. The van der Waals surface area contributed by atoms with Crippen molar-refractivity contribution in [2.75, 3.05) is 52.4 Å². The molecule has 1 aromatic carbocycles. The Morgan fingerprint density at radius 3 is 2.40 bits per heavy atom. The molecule has 9 nitrogen and oxygen atoms in total. The summed E-state index contributed by atoms with van der Waals surface area (Å²) in [6.07, 6.45) is -3.33. The Balaban J connectivity index is 1.39. The molecule has 1 aromatic rings. The number of β-amino-alcohol motifs (C(OH)–C–C–N with tert-alkyl or cyclic N) is 1. The Hall–Kier alpha value is -2.45. The number of nitrogens with one attached hydrogen (secondary N) is 1. The van der Waals surface area contributed by atoms with Crippen molar-refractivity contribution in [2.24, 2.45) is 0 Å². The third-order valence-corrected chi connectivity index (χ3v) is 5.06. The van der Waals surface area contributed by atoms with Gasteiger partial charge in [-0.25, -0.2) is 9.18 Å². The Kier molecular flexibility index (Phi) is 7.81. The van der Waals surface area contributed by atoms with E-state index in [-0.39, 0.29) is 31.9 Å². The highest BCUT2D eigenvalue weighted by Crippen LogP contribution is 2.20. The van der Waals surface area contributed by atoms with E-state index in [1.54, 1.807) is 24.3 Å². The number of carboxylic acid groups (broad SMARTS) is 1. The number of halogens is 1. The van der Waals surface area contributed by atoms with Crippen molar-refractivity contribution < 1.29 is 28.9 Å². The molecular formula is C20H27FN4O5. The summed E-state index contributed by atoms with van der Waals surface area (Å²) in [5.41, 5.74) is 0.550.